The molecule has 1 heterocycles. The first kappa shape index (κ1) is 11.4. The van der Waals surface area contributed by atoms with Gasteiger partial charge in [-0.15, -0.1) is 0 Å². The highest BCUT2D eigenvalue weighted by molar-refractivity contribution is 9.09. The van der Waals surface area contributed by atoms with Crippen molar-refractivity contribution in [3.05, 3.63) is 47.1 Å². The summed E-state index contributed by atoms with van der Waals surface area (Å²) in [5.41, 5.74) is 3.16. The fourth-order valence-electron chi connectivity index (χ4n) is 1.44. The molecule has 82 valence electrons. The second-order valence-electron chi connectivity index (χ2n) is 3.26. The minimum Gasteiger partial charge on any atom is -0.277 e. The molecule has 2 aromatic rings. The van der Waals surface area contributed by atoms with Crippen LogP contribution in [0.15, 0.2) is 36.5 Å². The van der Waals surface area contributed by atoms with Gasteiger partial charge >= 0.3 is 0 Å². The number of H-pyrrole nitrogens is 1. The monoisotopic (exact) mass is 296 g/mol. The molecule has 0 aliphatic rings. The number of rotatable bonds is 3. The summed E-state index contributed by atoms with van der Waals surface area (Å²) >= 11 is 9.20. The zero-order valence-electron chi connectivity index (χ0n) is 8.45. The van der Waals surface area contributed by atoms with Crippen molar-refractivity contribution in [2.24, 2.45) is 0 Å². The molecule has 0 atom stereocenters. The summed E-state index contributed by atoms with van der Waals surface area (Å²) in [5, 5.41) is 8.61. The van der Waals surface area contributed by atoms with Gasteiger partial charge in [-0.25, -0.2) is 0 Å². The van der Waals surface area contributed by atoms with Crippen LogP contribution in [0.1, 0.15) is 5.56 Å². The molecule has 0 aliphatic carbocycles. The van der Waals surface area contributed by atoms with Crippen molar-refractivity contribution in [3.63, 3.8) is 0 Å². The molecule has 0 saturated carbocycles. The molecular formula is C12H10BrClN2. The lowest BCUT2D eigenvalue weighted by Crippen LogP contribution is -1.80. The van der Waals surface area contributed by atoms with E-state index in [9.17, 15) is 0 Å². The van der Waals surface area contributed by atoms with Crippen LogP contribution in [-0.4, -0.2) is 15.5 Å². The summed E-state index contributed by atoms with van der Waals surface area (Å²) in [6, 6.07) is 7.69. The van der Waals surface area contributed by atoms with E-state index < -0.39 is 0 Å². The van der Waals surface area contributed by atoms with Crippen molar-refractivity contribution in [2.75, 3.05) is 5.33 Å². The lowest BCUT2D eigenvalue weighted by molar-refractivity contribution is 1.10. The summed E-state index contributed by atoms with van der Waals surface area (Å²) in [4.78, 5) is 0. The van der Waals surface area contributed by atoms with Gasteiger partial charge in [-0.1, -0.05) is 51.8 Å². The number of aromatic amines is 1. The maximum atomic E-state index is 5.85. The Morgan fingerprint density at radius 2 is 2.06 bits per heavy atom. The molecule has 0 saturated heterocycles. The maximum Gasteiger partial charge on any atom is 0.0722 e. The summed E-state index contributed by atoms with van der Waals surface area (Å²) < 4.78 is 0. The lowest BCUT2D eigenvalue weighted by Gasteiger charge is -1.99. The van der Waals surface area contributed by atoms with Crippen LogP contribution in [-0.2, 0) is 0 Å². The van der Waals surface area contributed by atoms with Gasteiger partial charge in [0.05, 0.1) is 11.9 Å². The second kappa shape index (κ2) is 5.32. The van der Waals surface area contributed by atoms with Crippen molar-refractivity contribution in [3.8, 4) is 11.3 Å². The zero-order chi connectivity index (χ0) is 11.4. The van der Waals surface area contributed by atoms with E-state index in [-0.39, 0.29) is 0 Å². The van der Waals surface area contributed by atoms with Crippen LogP contribution in [0.3, 0.4) is 0 Å². The van der Waals surface area contributed by atoms with Gasteiger partial charge < -0.3 is 0 Å². The molecule has 2 rings (SSSR count). The Kier molecular flexibility index (Phi) is 3.80. The van der Waals surface area contributed by atoms with Crippen LogP contribution in [0.25, 0.3) is 17.3 Å². The van der Waals surface area contributed by atoms with E-state index in [1.54, 1.807) is 0 Å². The number of halogens is 2. The number of hydrogen-bond donors (Lipinski definition) is 1. The molecule has 4 heteroatoms. The van der Waals surface area contributed by atoms with Crippen LogP contribution in [0.5, 0.6) is 0 Å². The van der Waals surface area contributed by atoms with Crippen molar-refractivity contribution in [1.29, 1.82) is 0 Å². The van der Waals surface area contributed by atoms with Crippen LogP contribution in [0, 0.1) is 0 Å². The van der Waals surface area contributed by atoms with E-state index in [0.717, 1.165) is 27.2 Å². The first-order valence-corrected chi connectivity index (χ1v) is 6.33. The number of nitrogens with zero attached hydrogens (tertiary/aromatic N) is 1. The number of allylic oxidation sites excluding steroid dienone is 1. The zero-order valence-corrected chi connectivity index (χ0v) is 10.8. The minimum atomic E-state index is 0.737. The summed E-state index contributed by atoms with van der Waals surface area (Å²) in [5.74, 6) is 0. The minimum absolute atomic E-state index is 0.737. The van der Waals surface area contributed by atoms with Gasteiger partial charge in [0.1, 0.15) is 0 Å². The van der Waals surface area contributed by atoms with Gasteiger partial charge in [0.15, 0.2) is 0 Å². The first-order valence-electron chi connectivity index (χ1n) is 4.83. The van der Waals surface area contributed by atoms with E-state index in [2.05, 4.69) is 26.1 Å². The predicted octanol–water partition coefficient (Wildman–Crippen LogP) is 4.14. The third-order valence-corrected chi connectivity index (χ3v) is 2.81. The molecule has 1 aromatic carbocycles. The summed E-state index contributed by atoms with van der Waals surface area (Å²) in [6.07, 6.45) is 5.87. The van der Waals surface area contributed by atoms with Gasteiger partial charge in [0.2, 0.25) is 0 Å². The van der Waals surface area contributed by atoms with Crippen LogP contribution in [0.4, 0.5) is 0 Å². The standard InChI is InChI=1S/C12H10BrClN2/c13-7-1-2-10-8-15-16-12(10)9-3-5-11(14)6-4-9/h1-6,8H,7H2,(H,15,16). The van der Waals surface area contributed by atoms with E-state index >= 15 is 0 Å². The molecule has 1 aromatic heterocycles. The average molecular weight is 298 g/mol. The topological polar surface area (TPSA) is 28.7 Å². The molecule has 1 N–H and O–H groups in total. The molecular weight excluding hydrogens is 288 g/mol. The van der Waals surface area contributed by atoms with Crippen molar-refractivity contribution in [2.45, 2.75) is 0 Å². The second-order valence-corrected chi connectivity index (χ2v) is 4.35. The molecule has 16 heavy (non-hydrogen) atoms. The molecule has 0 spiro atoms. The smallest absolute Gasteiger partial charge is 0.0722 e. The third-order valence-electron chi connectivity index (χ3n) is 2.19. The van der Waals surface area contributed by atoms with Crippen LogP contribution < -0.4 is 0 Å². The molecule has 0 radical (unpaired) electrons. The van der Waals surface area contributed by atoms with Crippen molar-refractivity contribution in [1.82, 2.24) is 10.2 Å². The normalized spacial score (nSPS) is 11.1. The van der Waals surface area contributed by atoms with Gasteiger partial charge in [-0.2, -0.15) is 5.10 Å². The Bertz CT molecular complexity index is 488. The van der Waals surface area contributed by atoms with Gasteiger partial charge in [-0.05, 0) is 12.1 Å². The highest BCUT2D eigenvalue weighted by Crippen LogP contribution is 2.23. The number of benzene rings is 1. The molecule has 0 unspecified atom stereocenters. The van der Waals surface area contributed by atoms with Gasteiger partial charge in [0.25, 0.3) is 0 Å². The predicted molar refractivity (Wildman–Crippen MR) is 71.9 cm³/mol. The lowest BCUT2D eigenvalue weighted by atomic mass is 10.1. The Labute approximate surface area is 107 Å². The fraction of sp³-hybridized carbons (Fsp3) is 0.0833. The number of alkyl halides is 1. The van der Waals surface area contributed by atoms with E-state index in [0.29, 0.717) is 0 Å². The number of nitrogens with one attached hydrogen (secondary N) is 1. The van der Waals surface area contributed by atoms with Gasteiger partial charge in [0, 0.05) is 21.5 Å². The fourth-order valence-corrected chi connectivity index (χ4v) is 1.75. The quantitative estimate of drug-likeness (QED) is 0.848. The highest BCUT2D eigenvalue weighted by atomic mass is 79.9. The molecule has 0 fully saturated rings. The van der Waals surface area contributed by atoms with Gasteiger partial charge in [-0.3, -0.25) is 5.10 Å². The SMILES string of the molecule is Clc1ccc(-c2[nH]ncc2C=CCBr)cc1. The average Bonchev–Trinajstić information content (AvgIpc) is 2.75. The summed E-state index contributed by atoms with van der Waals surface area (Å²) in [6.45, 7) is 0. The van der Waals surface area contributed by atoms with Crippen molar-refractivity contribution >= 4 is 33.6 Å². The largest absolute Gasteiger partial charge is 0.277 e. The Morgan fingerprint density at radius 3 is 2.75 bits per heavy atom. The Morgan fingerprint density at radius 1 is 1.31 bits per heavy atom. The molecule has 0 amide bonds. The Balaban J connectivity index is 2.36. The maximum absolute atomic E-state index is 5.85. The number of hydrogen-bond acceptors (Lipinski definition) is 1. The van der Waals surface area contributed by atoms with E-state index in [1.165, 1.54) is 0 Å². The Hall–Kier alpha value is -1.06. The van der Waals surface area contributed by atoms with E-state index in [4.69, 9.17) is 11.6 Å². The number of aromatic nitrogens is 2. The van der Waals surface area contributed by atoms with Crippen LogP contribution >= 0.6 is 27.5 Å². The molecule has 0 bridgehead atoms. The third kappa shape index (κ3) is 2.54. The molecule has 0 aliphatic heterocycles. The van der Waals surface area contributed by atoms with Crippen molar-refractivity contribution < 1.29 is 0 Å². The summed E-state index contributed by atoms with van der Waals surface area (Å²) in [7, 11) is 0. The molecule has 2 nitrogen and oxygen atoms in total. The first-order chi connectivity index (χ1) is 7.81. The van der Waals surface area contributed by atoms with E-state index in [1.807, 2.05) is 42.6 Å². The van der Waals surface area contributed by atoms with Crippen LogP contribution in [0.2, 0.25) is 5.02 Å². The highest BCUT2D eigenvalue weighted by Gasteiger charge is 2.04.